The van der Waals surface area contributed by atoms with Crippen molar-refractivity contribution in [3.63, 3.8) is 0 Å². The smallest absolute Gasteiger partial charge is 0.277 e. The van der Waals surface area contributed by atoms with Crippen molar-refractivity contribution in [3.05, 3.63) is 79.0 Å². The minimum Gasteiger partial charge on any atom is -0.361 e. The van der Waals surface area contributed by atoms with E-state index in [1.165, 1.54) is 0 Å². The molecule has 0 radical (unpaired) electrons. The Morgan fingerprint density at radius 3 is 2.39 bits per heavy atom. The molecule has 1 amide bonds. The first-order valence-electron chi connectivity index (χ1n) is 8.25. The van der Waals surface area contributed by atoms with Gasteiger partial charge in [-0.15, -0.1) is 0 Å². The van der Waals surface area contributed by atoms with Gasteiger partial charge in [-0.1, -0.05) is 24.6 Å². The summed E-state index contributed by atoms with van der Waals surface area (Å²) in [5, 5.41) is 26.2. The molecule has 0 aliphatic carbocycles. The fourth-order valence-corrected chi connectivity index (χ4v) is 3.10. The molecule has 0 fully saturated rings. The molecule has 2 N–H and O–H groups in total. The van der Waals surface area contributed by atoms with Crippen molar-refractivity contribution in [1.82, 2.24) is 10.3 Å². The van der Waals surface area contributed by atoms with Crippen LogP contribution in [0.25, 0.3) is 10.9 Å². The van der Waals surface area contributed by atoms with Gasteiger partial charge in [-0.05, 0) is 17.7 Å². The highest BCUT2D eigenvalue weighted by atomic mass is 35.5. The second-order valence-electron chi connectivity index (χ2n) is 6.30. The third-order valence-electron chi connectivity index (χ3n) is 4.36. The minimum absolute atomic E-state index is 0.0763. The molecule has 3 aromatic rings. The largest absolute Gasteiger partial charge is 0.361 e. The zero-order valence-corrected chi connectivity index (χ0v) is 15.4. The SMILES string of the molecule is C[C@H](CNC(=O)c1cc([N+](=O)[O-])cc([N+](=O)[O-])c1)c1c[nH]c2cc(Cl)ccc12. The van der Waals surface area contributed by atoms with Crippen LogP contribution in [-0.2, 0) is 0 Å². The van der Waals surface area contributed by atoms with Gasteiger partial charge in [-0.3, -0.25) is 25.0 Å². The molecule has 0 bridgehead atoms. The maximum absolute atomic E-state index is 12.4. The van der Waals surface area contributed by atoms with Gasteiger partial charge in [-0.2, -0.15) is 0 Å². The number of nitrogens with one attached hydrogen (secondary N) is 2. The van der Waals surface area contributed by atoms with E-state index in [-0.39, 0.29) is 18.0 Å². The molecule has 3 rings (SSSR count). The Labute approximate surface area is 163 Å². The van der Waals surface area contributed by atoms with E-state index >= 15 is 0 Å². The molecule has 1 heterocycles. The number of aromatic nitrogens is 1. The number of nitro groups is 2. The first kappa shape index (κ1) is 19.3. The summed E-state index contributed by atoms with van der Waals surface area (Å²) in [4.78, 5) is 35.9. The highest BCUT2D eigenvalue weighted by Gasteiger charge is 2.20. The monoisotopic (exact) mass is 402 g/mol. The summed E-state index contributed by atoms with van der Waals surface area (Å²) in [6.07, 6.45) is 1.83. The van der Waals surface area contributed by atoms with Crippen molar-refractivity contribution in [1.29, 1.82) is 0 Å². The molecular weight excluding hydrogens is 388 g/mol. The Morgan fingerprint density at radius 2 is 1.79 bits per heavy atom. The van der Waals surface area contributed by atoms with Crippen LogP contribution < -0.4 is 5.32 Å². The lowest BCUT2D eigenvalue weighted by Crippen LogP contribution is -2.27. The number of hydrogen-bond acceptors (Lipinski definition) is 5. The summed E-state index contributed by atoms with van der Waals surface area (Å²) in [6, 6.07) is 8.30. The van der Waals surface area contributed by atoms with Crippen LogP contribution in [0.3, 0.4) is 0 Å². The van der Waals surface area contributed by atoms with Gasteiger partial charge in [0.25, 0.3) is 17.3 Å². The van der Waals surface area contributed by atoms with E-state index in [4.69, 9.17) is 11.6 Å². The van der Waals surface area contributed by atoms with E-state index in [0.29, 0.717) is 5.02 Å². The van der Waals surface area contributed by atoms with Gasteiger partial charge in [0, 0.05) is 46.7 Å². The van der Waals surface area contributed by atoms with Gasteiger partial charge >= 0.3 is 0 Å². The van der Waals surface area contributed by atoms with Crippen LogP contribution in [0.5, 0.6) is 0 Å². The summed E-state index contributed by atoms with van der Waals surface area (Å²) in [7, 11) is 0. The molecule has 0 aliphatic heterocycles. The number of hydrogen-bond donors (Lipinski definition) is 2. The molecule has 144 valence electrons. The predicted octanol–water partition coefficient (Wildman–Crippen LogP) is 4.17. The molecule has 0 saturated carbocycles. The molecular formula is C18H15ClN4O5. The lowest BCUT2D eigenvalue weighted by atomic mass is 10.0. The van der Waals surface area contributed by atoms with Crippen LogP contribution in [0.4, 0.5) is 11.4 Å². The number of carbonyl (C=O) groups is 1. The summed E-state index contributed by atoms with van der Waals surface area (Å²) < 4.78 is 0. The van der Waals surface area contributed by atoms with Crippen molar-refractivity contribution in [2.75, 3.05) is 6.54 Å². The molecule has 1 atom stereocenters. The number of aromatic amines is 1. The predicted molar refractivity (Wildman–Crippen MR) is 104 cm³/mol. The summed E-state index contributed by atoms with van der Waals surface area (Å²) in [5.74, 6) is -0.700. The third kappa shape index (κ3) is 3.94. The van der Waals surface area contributed by atoms with E-state index in [9.17, 15) is 25.0 Å². The maximum atomic E-state index is 12.4. The molecule has 10 heteroatoms. The highest BCUT2D eigenvalue weighted by Crippen LogP contribution is 2.27. The van der Waals surface area contributed by atoms with Gasteiger partial charge in [-0.25, -0.2) is 0 Å². The number of nitro benzene ring substituents is 2. The summed E-state index contributed by atoms with van der Waals surface area (Å²) in [6.45, 7) is 2.15. The number of non-ortho nitro benzene ring substituents is 2. The maximum Gasteiger partial charge on any atom is 0.277 e. The normalized spacial score (nSPS) is 11.9. The fourth-order valence-electron chi connectivity index (χ4n) is 2.92. The van der Waals surface area contributed by atoms with E-state index < -0.39 is 27.1 Å². The Kier molecular flexibility index (Phi) is 5.27. The standard InChI is InChI=1S/C18H15ClN4O5/c1-10(16-9-20-17-6-12(19)2-3-15(16)17)8-21-18(24)11-4-13(22(25)26)7-14(5-11)23(27)28/h2-7,9-10,20H,8H2,1H3,(H,21,24)/t10-/m1/s1. The zero-order valence-electron chi connectivity index (χ0n) is 14.6. The van der Waals surface area contributed by atoms with E-state index in [1.54, 1.807) is 12.1 Å². The zero-order chi connectivity index (χ0) is 20.4. The minimum atomic E-state index is -0.774. The molecule has 1 aromatic heterocycles. The first-order chi connectivity index (χ1) is 13.3. The number of fused-ring (bicyclic) bond motifs is 1. The number of benzene rings is 2. The highest BCUT2D eigenvalue weighted by molar-refractivity contribution is 6.31. The van der Waals surface area contributed by atoms with Crippen LogP contribution in [-0.4, -0.2) is 27.3 Å². The molecule has 0 unspecified atom stereocenters. The van der Waals surface area contributed by atoms with Crippen molar-refractivity contribution in [2.45, 2.75) is 12.8 Å². The van der Waals surface area contributed by atoms with Crippen molar-refractivity contribution in [2.24, 2.45) is 0 Å². The molecule has 0 aliphatic rings. The lowest BCUT2D eigenvalue weighted by molar-refractivity contribution is -0.394. The first-order valence-corrected chi connectivity index (χ1v) is 8.62. The lowest BCUT2D eigenvalue weighted by Gasteiger charge is -2.12. The number of nitrogens with zero attached hydrogens (tertiary/aromatic N) is 2. The molecule has 28 heavy (non-hydrogen) atoms. The van der Waals surface area contributed by atoms with Crippen molar-refractivity contribution < 1.29 is 14.6 Å². The van der Waals surface area contributed by atoms with Crippen LogP contribution in [0.2, 0.25) is 5.02 Å². The number of H-pyrrole nitrogens is 1. The van der Waals surface area contributed by atoms with Gasteiger partial charge in [0.05, 0.1) is 21.5 Å². The van der Waals surface area contributed by atoms with Crippen LogP contribution in [0.15, 0.2) is 42.6 Å². The van der Waals surface area contributed by atoms with Crippen LogP contribution >= 0.6 is 11.6 Å². The Bertz CT molecular complexity index is 1060. The van der Waals surface area contributed by atoms with Crippen LogP contribution in [0, 0.1) is 20.2 Å². The fraction of sp³-hybridized carbons (Fsp3) is 0.167. The number of carbonyl (C=O) groups excluding carboxylic acids is 1. The Balaban J connectivity index is 1.77. The third-order valence-corrected chi connectivity index (χ3v) is 4.60. The van der Waals surface area contributed by atoms with Crippen molar-refractivity contribution in [3.8, 4) is 0 Å². The van der Waals surface area contributed by atoms with Gasteiger partial charge < -0.3 is 10.3 Å². The van der Waals surface area contributed by atoms with E-state index in [1.807, 2.05) is 19.2 Å². The molecule has 0 saturated heterocycles. The second-order valence-corrected chi connectivity index (χ2v) is 6.73. The Morgan fingerprint density at radius 1 is 1.14 bits per heavy atom. The summed E-state index contributed by atoms with van der Waals surface area (Å²) in [5.41, 5.74) is 0.674. The quantitative estimate of drug-likeness (QED) is 0.471. The molecule has 9 nitrogen and oxygen atoms in total. The number of amides is 1. The Hall–Kier alpha value is -3.46. The van der Waals surface area contributed by atoms with Crippen molar-refractivity contribution >= 4 is 39.8 Å². The van der Waals surface area contributed by atoms with Crippen LogP contribution in [0.1, 0.15) is 28.8 Å². The number of rotatable bonds is 6. The summed E-state index contributed by atoms with van der Waals surface area (Å²) >= 11 is 5.98. The van der Waals surface area contributed by atoms with E-state index in [2.05, 4.69) is 10.3 Å². The molecule has 2 aromatic carbocycles. The number of halogens is 1. The second kappa shape index (κ2) is 7.65. The van der Waals surface area contributed by atoms with Gasteiger partial charge in [0.2, 0.25) is 0 Å². The van der Waals surface area contributed by atoms with E-state index in [0.717, 1.165) is 34.7 Å². The van der Waals surface area contributed by atoms with Gasteiger partial charge in [0.1, 0.15) is 0 Å². The topological polar surface area (TPSA) is 131 Å². The average Bonchev–Trinajstić information content (AvgIpc) is 3.08. The molecule has 0 spiro atoms. The van der Waals surface area contributed by atoms with Gasteiger partial charge in [0.15, 0.2) is 0 Å². The average molecular weight is 403 g/mol.